The van der Waals surface area contributed by atoms with E-state index < -0.39 is 0 Å². The van der Waals surface area contributed by atoms with Crippen molar-refractivity contribution in [1.82, 2.24) is 4.90 Å². The zero-order valence-corrected chi connectivity index (χ0v) is 12.0. The molecule has 0 heterocycles. The maximum Gasteiger partial charge on any atom is 0.231 e. The Morgan fingerprint density at radius 1 is 1.14 bits per heavy atom. The van der Waals surface area contributed by atoms with Gasteiger partial charge in [0.25, 0.3) is 0 Å². The first kappa shape index (κ1) is 15.2. The maximum absolute atomic E-state index is 12.9. The lowest BCUT2D eigenvalue weighted by Crippen LogP contribution is -2.34. The van der Waals surface area contributed by atoms with Gasteiger partial charge in [0.05, 0.1) is 5.92 Å². The van der Waals surface area contributed by atoms with Gasteiger partial charge >= 0.3 is 0 Å². The van der Waals surface area contributed by atoms with E-state index in [4.69, 9.17) is 5.73 Å². The Kier molecular flexibility index (Phi) is 5.06. The molecule has 0 aromatic heterocycles. The van der Waals surface area contributed by atoms with Gasteiger partial charge in [-0.25, -0.2) is 4.39 Å². The Labute approximate surface area is 124 Å². The van der Waals surface area contributed by atoms with Gasteiger partial charge in [0.2, 0.25) is 5.91 Å². The highest BCUT2D eigenvalue weighted by Gasteiger charge is 2.22. The Hall–Kier alpha value is -2.20. The fourth-order valence-electron chi connectivity index (χ4n) is 2.27. The molecule has 2 aromatic rings. The second-order valence-corrected chi connectivity index (χ2v) is 5.02. The van der Waals surface area contributed by atoms with Crippen molar-refractivity contribution in [2.75, 3.05) is 13.6 Å². The molecule has 1 atom stereocenters. The van der Waals surface area contributed by atoms with Crippen LogP contribution in [0.15, 0.2) is 54.6 Å². The van der Waals surface area contributed by atoms with E-state index in [0.717, 1.165) is 11.1 Å². The first-order chi connectivity index (χ1) is 10.1. The van der Waals surface area contributed by atoms with E-state index in [-0.39, 0.29) is 24.2 Å². The molecule has 2 rings (SSSR count). The largest absolute Gasteiger partial charge is 0.341 e. The molecule has 0 aliphatic rings. The Morgan fingerprint density at radius 2 is 1.76 bits per heavy atom. The minimum Gasteiger partial charge on any atom is -0.341 e. The van der Waals surface area contributed by atoms with Crippen molar-refractivity contribution < 1.29 is 9.18 Å². The van der Waals surface area contributed by atoms with E-state index in [1.807, 2.05) is 30.3 Å². The molecule has 4 heteroatoms. The van der Waals surface area contributed by atoms with Gasteiger partial charge in [-0.3, -0.25) is 4.79 Å². The number of rotatable bonds is 5. The standard InChI is InChI=1S/C17H19FN2O/c1-20(12-13-7-9-15(18)10-8-13)17(21)16(11-19)14-5-3-2-4-6-14/h2-10,16H,11-12,19H2,1H3. The van der Waals surface area contributed by atoms with Crippen molar-refractivity contribution in [3.63, 3.8) is 0 Å². The van der Waals surface area contributed by atoms with Gasteiger partial charge in [-0.1, -0.05) is 42.5 Å². The molecule has 0 spiro atoms. The summed E-state index contributed by atoms with van der Waals surface area (Å²) in [5.74, 6) is -0.665. The van der Waals surface area contributed by atoms with E-state index in [9.17, 15) is 9.18 Å². The molecule has 0 bridgehead atoms. The maximum atomic E-state index is 12.9. The predicted molar refractivity (Wildman–Crippen MR) is 81.1 cm³/mol. The summed E-state index contributed by atoms with van der Waals surface area (Å²) in [6, 6.07) is 15.7. The van der Waals surface area contributed by atoms with Crippen molar-refractivity contribution in [3.8, 4) is 0 Å². The molecule has 21 heavy (non-hydrogen) atoms. The molecule has 0 aliphatic carbocycles. The SMILES string of the molecule is CN(Cc1ccc(F)cc1)C(=O)C(CN)c1ccccc1. The monoisotopic (exact) mass is 286 g/mol. The number of hydrogen-bond acceptors (Lipinski definition) is 2. The second-order valence-electron chi connectivity index (χ2n) is 5.02. The normalized spacial score (nSPS) is 12.0. The first-order valence-electron chi connectivity index (χ1n) is 6.86. The minimum atomic E-state index is -0.350. The number of amides is 1. The summed E-state index contributed by atoms with van der Waals surface area (Å²) in [4.78, 5) is 14.1. The number of benzene rings is 2. The molecule has 0 radical (unpaired) electrons. The molecular formula is C17H19FN2O. The van der Waals surface area contributed by atoms with Crippen LogP contribution in [0.3, 0.4) is 0 Å². The third-order valence-corrected chi connectivity index (χ3v) is 3.44. The van der Waals surface area contributed by atoms with Crippen LogP contribution in [-0.4, -0.2) is 24.4 Å². The summed E-state index contributed by atoms with van der Waals surface area (Å²) >= 11 is 0. The molecule has 2 N–H and O–H groups in total. The van der Waals surface area contributed by atoms with Crippen molar-refractivity contribution >= 4 is 5.91 Å². The molecule has 1 unspecified atom stereocenters. The molecule has 0 saturated carbocycles. The summed E-state index contributed by atoms with van der Waals surface area (Å²) in [7, 11) is 1.73. The summed E-state index contributed by atoms with van der Waals surface area (Å²) in [6.45, 7) is 0.694. The second kappa shape index (κ2) is 6.99. The number of likely N-dealkylation sites (N-methyl/N-ethyl adjacent to an activating group) is 1. The first-order valence-corrected chi connectivity index (χ1v) is 6.86. The van der Waals surface area contributed by atoms with E-state index in [2.05, 4.69) is 0 Å². The number of halogens is 1. The van der Waals surface area contributed by atoms with E-state index >= 15 is 0 Å². The van der Waals surface area contributed by atoms with Crippen LogP contribution in [0.25, 0.3) is 0 Å². The van der Waals surface area contributed by atoms with Crippen LogP contribution in [0, 0.1) is 5.82 Å². The van der Waals surface area contributed by atoms with Crippen LogP contribution in [0.4, 0.5) is 4.39 Å². The van der Waals surface area contributed by atoms with Crippen LogP contribution in [0.5, 0.6) is 0 Å². The van der Waals surface area contributed by atoms with Gasteiger partial charge in [0.1, 0.15) is 5.82 Å². The number of nitrogens with two attached hydrogens (primary N) is 1. The zero-order chi connectivity index (χ0) is 15.2. The molecule has 0 fully saturated rings. The number of hydrogen-bond donors (Lipinski definition) is 1. The topological polar surface area (TPSA) is 46.3 Å². The average Bonchev–Trinajstić information content (AvgIpc) is 2.51. The van der Waals surface area contributed by atoms with Crippen LogP contribution in [-0.2, 0) is 11.3 Å². The van der Waals surface area contributed by atoms with E-state index in [1.54, 1.807) is 24.1 Å². The summed E-state index contributed by atoms with van der Waals surface area (Å²) in [6.07, 6.45) is 0. The molecule has 110 valence electrons. The van der Waals surface area contributed by atoms with Crippen molar-refractivity contribution in [3.05, 3.63) is 71.5 Å². The summed E-state index contributed by atoms with van der Waals surface area (Å²) in [5, 5.41) is 0. The quantitative estimate of drug-likeness (QED) is 0.918. The lowest BCUT2D eigenvalue weighted by atomic mass is 9.97. The Morgan fingerprint density at radius 3 is 2.33 bits per heavy atom. The molecule has 2 aromatic carbocycles. The molecule has 1 amide bonds. The van der Waals surface area contributed by atoms with Gasteiger partial charge in [-0.05, 0) is 23.3 Å². The van der Waals surface area contributed by atoms with Gasteiger partial charge in [0, 0.05) is 20.1 Å². The summed E-state index contributed by atoms with van der Waals surface area (Å²) in [5.41, 5.74) is 7.56. The minimum absolute atomic E-state index is 0.0342. The van der Waals surface area contributed by atoms with Gasteiger partial charge in [0.15, 0.2) is 0 Å². The van der Waals surface area contributed by atoms with Gasteiger partial charge in [-0.2, -0.15) is 0 Å². The van der Waals surface area contributed by atoms with E-state index in [0.29, 0.717) is 6.54 Å². The van der Waals surface area contributed by atoms with Gasteiger partial charge in [-0.15, -0.1) is 0 Å². The number of carbonyl (C=O) groups is 1. The molecule has 0 saturated heterocycles. The number of nitrogens with zero attached hydrogens (tertiary/aromatic N) is 1. The predicted octanol–water partition coefficient (Wildman–Crippen LogP) is 2.53. The highest BCUT2D eigenvalue weighted by atomic mass is 19.1. The van der Waals surface area contributed by atoms with Crippen LogP contribution < -0.4 is 5.73 Å². The highest BCUT2D eigenvalue weighted by molar-refractivity contribution is 5.83. The molecule has 3 nitrogen and oxygen atoms in total. The highest BCUT2D eigenvalue weighted by Crippen LogP contribution is 2.18. The smallest absolute Gasteiger partial charge is 0.231 e. The van der Waals surface area contributed by atoms with Gasteiger partial charge < -0.3 is 10.6 Å². The van der Waals surface area contributed by atoms with Crippen LogP contribution in [0.2, 0.25) is 0 Å². The molecular weight excluding hydrogens is 267 g/mol. The van der Waals surface area contributed by atoms with Crippen molar-refractivity contribution in [2.45, 2.75) is 12.5 Å². The third-order valence-electron chi connectivity index (χ3n) is 3.44. The summed E-state index contributed by atoms with van der Waals surface area (Å²) < 4.78 is 12.9. The average molecular weight is 286 g/mol. The van der Waals surface area contributed by atoms with Crippen molar-refractivity contribution in [1.29, 1.82) is 0 Å². The van der Waals surface area contributed by atoms with Crippen LogP contribution >= 0.6 is 0 Å². The lowest BCUT2D eigenvalue weighted by Gasteiger charge is -2.23. The van der Waals surface area contributed by atoms with E-state index in [1.165, 1.54) is 12.1 Å². The Balaban J connectivity index is 2.08. The molecule has 0 aliphatic heterocycles. The fraction of sp³-hybridized carbons (Fsp3) is 0.235. The lowest BCUT2D eigenvalue weighted by molar-refractivity contribution is -0.131. The van der Waals surface area contributed by atoms with Crippen LogP contribution in [0.1, 0.15) is 17.0 Å². The third kappa shape index (κ3) is 3.89. The fourth-order valence-corrected chi connectivity index (χ4v) is 2.27. The number of carbonyl (C=O) groups excluding carboxylic acids is 1. The Bertz CT molecular complexity index is 583. The zero-order valence-electron chi connectivity index (χ0n) is 12.0. The van der Waals surface area contributed by atoms with Crippen molar-refractivity contribution in [2.24, 2.45) is 5.73 Å².